The number of aromatic nitrogens is 4. The molecule has 0 fully saturated rings. The van der Waals surface area contributed by atoms with Crippen LogP contribution in [0, 0.1) is 0 Å². The third-order valence-corrected chi connectivity index (χ3v) is 6.00. The van der Waals surface area contributed by atoms with Gasteiger partial charge in [-0.05, 0) is 42.5 Å². The predicted octanol–water partition coefficient (Wildman–Crippen LogP) is 4.35. The maximum Gasteiger partial charge on any atom is 0.342 e. The highest BCUT2D eigenvalue weighted by molar-refractivity contribution is 7.22. The Bertz CT molecular complexity index is 1500. The topological polar surface area (TPSA) is 108 Å². The molecule has 5 aromatic rings. The lowest BCUT2D eigenvalue weighted by Gasteiger charge is -2.05. The molecule has 9 nitrogen and oxygen atoms in total. The number of methoxy groups -OCH3 is 1. The second kappa shape index (κ2) is 9.74. The first-order valence-corrected chi connectivity index (χ1v) is 11.4. The van der Waals surface area contributed by atoms with Gasteiger partial charge in [-0.15, -0.1) is 0 Å². The zero-order chi connectivity index (χ0) is 24.2. The number of ether oxygens (including phenoxy) is 2. The van der Waals surface area contributed by atoms with Gasteiger partial charge < -0.3 is 9.47 Å². The molecule has 0 saturated carbocycles. The molecular formula is C25H19N5O4S. The number of carbonyl (C=O) groups is 2. The van der Waals surface area contributed by atoms with Crippen molar-refractivity contribution in [3.63, 3.8) is 0 Å². The van der Waals surface area contributed by atoms with Crippen LogP contribution in [0.5, 0.6) is 5.75 Å². The third-order valence-electron chi connectivity index (χ3n) is 5.07. The van der Waals surface area contributed by atoms with Gasteiger partial charge in [0.1, 0.15) is 17.0 Å². The van der Waals surface area contributed by atoms with Crippen molar-refractivity contribution in [3.05, 3.63) is 84.8 Å². The normalized spacial score (nSPS) is 10.8. The smallest absolute Gasteiger partial charge is 0.342 e. The summed E-state index contributed by atoms with van der Waals surface area (Å²) in [6.45, 7) is -0.471. The van der Waals surface area contributed by atoms with Crippen molar-refractivity contribution in [2.24, 2.45) is 0 Å². The Hall–Kier alpha value is -4.57. The maximum absolute atomic E-state index is 12.9. The highest BCUT2D eigenvalue weighted by Gasteiger charge is 2.21. The van der Waals surface area contributed by atoms with E-state index in [2.05, 4.69) is 20.4 Å². The van der Waals surface area contributed by atoms with Crippen molar-refractivity contribution in [3.8, 4) is 22.7 Å². The number of hydrogen-bond donors (Lipinski definition) is 1. The monoisotopic (exact) mass is 485 g/mol. The van der Waals surface area contributed by atoms with Crippen molar-refractivity contribution >= 4 is 38.6 Å². The zero-order valence-electron chi connectivity index (χ0n) is 18.5. The van der Waals surface area contributed by atoms with Crippen molar-refractivity contribution < 1.29 is 19.1 Å². The Morgan fingerprint density at radius 3 is 2.71 bits per heavy atom. The molecule has 3 aromatic heterocycles. The molecular weight excluding hydrogens is 466 g/mol. The van der Waals surface area contributed by atoms with E-state index in [9.17, 15) is 9.59 Å². The summed E-state index contributed by atoms with van der Waals surface area (Å²) in [6, 6.07) is 18.4. The molecule has 0 aliphatic rings. The van der Waals surface area contributed by atoms with Gasteiger partial charge >= 0.3 is 5.97 Å². The summed E-state index contributed by atoms with van der Waals surface area (Å²) in [5.74, 6) is -0.466. The molecule has 3 heterocycles. The van der Waals surface area contributed by atoms with Gasteiger partial charge in [0, 0.05) is 24.2 Å². The number of esters is 1. The van der Waals surface area contributed by atoms with Crippen LogP contribution in [-0.4, -0.2) is 45.3 Å². The van der Waals surface area contributed by atoms with Gasteiger partial charge in [-0.25, -0.2) is 14.5 Å². The van der Waals surface area contributed by atoms with E-state index in [1.165, 1.54) is 11.3 Å². The number of thiazole rings is 1. The highest BCUT2D eigenvalue weighted by atomic mass is 32.1. The van der Waals surface area contributed by atoms with Crippen LogP contribution in [0.3, 0.4) is 0 Å². The van der Waals surface area contributed by atoms with Crippen LogP contribution in [0.4, 0.5) is 5.13 Å². The van der Waals surface area contributed by atoms with Crippen LogP contribution < -0.4 is 10.1 Å². The summed E-state index contributed by atoms with van der Waals surface area (Å²) in [4.78, 5) is 33.9. The summed E-state index contributed by atoms with van der Waals surface area (Å²) in [7, 11) is 1.59. The molecule has 0 aliphatic heterocycles. The molecule has 0 bridgehead atoms. The van der Waals surface area contributed by atoms with Gasteiger partial charge in [0.2, 0.25) is 0 Å². The molecule has 10 heteroatoms. The number of benzene rings is 2. The first-order valence-electron chi connectivity index (χ1n) is 10.6. The lowest BCUT2D eigenvalue weighted by Crippen LogP contribution is -2.21. The number of carbonyl (C=O) groups excluding carboxylic acids is 2. The largest absolute Gasteiger partial charge is 0.497 e. The minimum atomic E-state index is -0.671. The average molecular weight is 486 g/mol. The standard InChI is InChI=1S/C25H19N5O4S/c1-33-18-9-10-20-21(12-18)35-25(27-20)28-22(31)15-34-24(32)19-14-30(17-7-3-2-4-8-17)29-23(19)16-6-5-11-26-13-16/h2-14H,15H2,1H3,(H,27,28,31). The van der Waals surface area contributed by atoms with E-state index in [1.54, 1.807) is 48.6 Å². The SMILES string of the molecule is COc1ccc2nc(NC(=O)COC(=O)c3cn(-c4ccccc4)nc3-c3cccnc3)sc2c1. The predicted molar refractivity (Wildman–Crippen MR) is 132 cm³/mol. The summed E-state index contributed by atoms with van der Waals surface area (Å²) >= 11 is 1.30. The average Bonchev–Trinajstić information content (AvgIpc) is 3.52. The number of nitrogens with zero attached hydrogens (tertiary/aromatic N) is 4. The van der Waals surface area contributed by atoms with E-state index in [-0.39, 0.29) is 5.56 Å². The zero-order valence-corrected chi connectivity index (χ0v) is 19.4. The Morgan fingerprint density at radius 1 is 1.09 bits per heavy atom. The first kappa shape index (κ1) is 22.2. The van der Waals surface area contributed by atoms with Crippen LogP contribution >= 0.6 is 11.3 Å². The highest BCUT2D eigenvalue weighted by Crippen LogP contribution is 2.29. The van der Waals surface area contributed by atoms with Crippen LogP contribution in [0.15, 0.2) is 79.3 Å². The molecule has 174 valence electrons. The molecule has 35 heavy (non-hydrogen) atoms. The Kier molecular flexibility index (Phi) is 6.18. The van der Waals surface area contributed by atoms with Crippen LogP contribution in [0.1, 0.15) is 10.4 Å². The maximum atomic E-state index is 12.9. The molecule has 0 aliphatic carbocycles. The third kappa shape index (κ3) is 4.87. The molecule has 0 atom stereocenters. The van der Waals surface area contributed by atoms with Crippen molar-refractivity contribution in [2.45, 2.75) is 0 Å². The van der Waals surface area contributed by atoms with E-state index >= 15 is 0 Å². The number of nitrogens with one attached hydrogen (secondary N) is 1. The minimum absolute atomic E-state index is 0.224. The van der Waals surface area contributed by atoms with E-state index in [0.717, 1.165) is 15.9 Å². The number of para-hydroxylation sites is 1. The fraction of sp³-hybridized carbons (Fsp3) is 0.0800. The number of pyridine rings is 1. The van der Waals surface area contributed by atoms with Crippen molar-refractivity contribution in [1.29, 1.82) is 0 Å². The van der Waals surface area contributed by atoms with Crippen molar-refractivity contribution in [1.82, 2.24) is 19.7 Å². The molecule has 0 spiro atoms. The molecule has 5 rings (SSSR count). The number of amides is 1. The van der Waals surface area contributed by atoms with Crippen LogP contribution in [-0.2, 0) is 9.53 Å². The van der Waals surface area contributed by atoms with Gasteiger partial charge in [-0.3, -0.25) is 15.1 Å². The number of hydrogen-bond acceptors (Lipinski definition) is 8. The summed E-state index contributed by atoms with van der Waals surface area (Å²) in [5.41, 5.74) is 2.80. The van der Waals surface area contributed by atoms with Gasteiger partial charge in [0.25, 0.3) is 5.91 Å². The van der Waals surface area contributed by atoms with Crippen LogP contribution in [0.2, 0.25) is 0 Å². The van der Waals surface area contributed by atoms with Crippen LogP contribution in [0.25, 0.3) is 27.2 Å². The van der Waals surface area contributed by atoms with Crippen molar-refractivity contribution in [2.75, 3.05) is 19.0 Å². The van der Waals surface area contributed by atoms with Gasteiger partial charge in [0.05, 0.1) is 23.0 Å². The summed E-state index contributed by atoms with van der Waals surface area (Å²) in [5, 5.41) is 7.64. The summed E-state index contributed by atoms with van der Waals surface area (Å²) in [6.07, 6.45) is 4.83. The molecule has 0 radical (unpaired) electrons. The lowest BCUT2D eigenvalue weighted by molar-refractivity contribution is -0.119. The molecule has 1 N–H and O–H groups in total. The molecule has 2 aromatic carbocycles. The number of anilines is 1. The second-order valence-electron chi connectivity index (χ2n) is 7.39. The van der Waals surface area contributed by atoms with E-state index in [4.69, 9.17) is 9.47 Å². The fourth-order valence-corrected chi connectivity index (χ4v) is 4.31. The Morgan fingerprint density at radius 2 is 1.94 bits per heavy atom. The molecule has 0 unspecified atom stereocenters. The number of fused-ring (bicyclic) bond motifs is 1. The van der Waals surface area contributed by atoms with E-state index < -0.39 is 18.5 Å². The summed E-state index contributed by atoms with van der Waals surface area (Å²) < 4.78 is 13.0. The fourth-order valence-electron chi connectivity index (χ4n) is 3.40. The molecule has 1 amide bonds. The lowest BCUT2D eigenvalue weighted by atomic mass is 10.1. The van der Waals surface area contributed by atoms with E-state index in [0.29, 0.717) is 22.1 Å². The second-order valence-corrected chi connectivity index (χ2v) is 8.42. The minimum Gasteiger partial charge on any atom is -0.497 e. The molecule has 0 saturated heterocycles. The Balaban J connectivity index is 1.32. The van der Waals surface area contributed by atoms with Gasteiger partial charge in [-0.1, -0.05) is 29.5 Å². The van der Waals surface area contributed by atoms with Gasteiger partial charge in [-0.2, -0.15) is 5.10 Å². The first-order chi connectivity index (χ1) is 17.1. The Labute approximate surface area is 204 Å². The van der Waals surface area contributed by atoms with Gasteiger partial charge in [0.15, 0.2) is 11.7 Å². The van der Waals surface area contributed by atoms with E-state index in [1.807, 2.05) is 42.5 Å². The number of rotatable bonds is 7. The quantitative estimate of drug-likeness (QED) is 0.342.